The number of carbonyl (C=O) groups excluding carboxylic acids is 1. The van der Waals surface area contributed by atoms with Crippen molar-refractivity contribution in [2.45, 2.75) is 19.0 Å². The summed E-state index contributed by atoms with van der Waals surface area (Å²) in [5.74, 6) is 1.02. The average molecular weight is 352 g/mol. The second kappa shape index (κ2) is 7.53. The van der Waals surface area contributed by atoms with Gasteiger partial charge in [-0.15, -0.1) is 10.2 Å². The molecule has 0 radical (unpaired) electrons. The molecule has 0 bridgehead atoms. The zero-order valence-electron chi connectivity index (χ0n) is 14.5. The van der Waals surface area contributed by atoms with Crippen molar-refractivity contribution in [3.63, 3.8) is 0 Å². The van der Waals surface area contributed by atoms with Crippen molar-refractivity contribution in [1.82, 2.24) is 14.8 Å². The Kier molecular flexibility index (Phi) is 5.19. The molecule has 0 unspecified atom stereocenters. The van der Waals surface area contributed by atoms with Crippen molar-refractivity contribution >= 4 is 23.4 Å². The number of thioether (sulfide) groups is 1. The van der Waals surface area contributed by atoms with E-state index in [1.165, 1.54) is 17.3 Å². The van der Waals surface area contributed by atoms with Crippen molar-refractivity contribution in [2.24, 2.45) is 7.05 Å². The Bertz CT molecular complexity index is 890. The molecule has 3 rings (SSSR count). The maximum atomic E-state index is 12.2. The number of hydrogen-bond acceptors (Lipinski definition) is 4. The topological polar surface area (TPSA) is 59.8 Å². The fourth-order valence-electron chi connectivity index (χ4n) is 2.43. The molecule has 0 atom stereocenters. The highest BCUT2D eigenvalue weighted by Gasteiger charge is 2.13. The van der Waals surface area contributed by atoms with Gasteiger partial charge in [0, 0.05) is 18.3 Å². The molecule has 1 aromatic heterocycles. The van der Waals surface area contributed by atoms with Gasteiger partial charge in [0.05, 0.1) is 5.75 Å². The molecular formula is C19H20N4OS. The van der Waals surface area contributed by atoms with Gasteiger partial charge in [-0.25, -0.2) is 0 Å². The van der Waals surface area contributed by atoms with Gasteiger partial charge in [0.2, 0.25) is 5.91 Å². The first kappa shape index (κ1) is 17.2. The van der Waals surface area contributed by atoms with Crippen molar-refractivity contribution in [3.05, 3.63) is 59.7 Å². The SMILES string of the molecule is Cc1ccc(NC(=O)CSc2nnc(-c3ccccc3)n2C)cc1C. The molecule has 1 heterocycles. The Balaban J connectivity index is 1.63. The number of aromatic nitrogens is 3. The summed E-state index contributed by atoms with van der Waals surface area (Å²) in [6.45, 7) is 4.08. The van der Waals surface area contributed by atoms with Crippen LogP contribution in [0.15, 0.2) is 53.7 Å². The van der Waals surface area contributed by atoms with Gasteiger partial charge in [0.1, 0.15) is 0 Å². The predicted octanol–water partition coefficient (Wildman–Crippen LogP) is 3.83. The third-order valence-electron chi connectivity index (χ3n) is 3.99. The minimum absolute atomic E-state index is 0.0579. The largest absolute Gasteiger partial charge is 0.325 e. The molecular weight excluding hydrogens is 332 g/mol. The van der Waals surface area contributed by atoms with E-state index in [1.54, 1.807) is 0 Å². The number of anilines is 1. The number of benzene rings is 2. The number of rotatable bonds is 5. The first-order valence-corrected chi connectivity index (χ1v) is 8.98. The first-order chi connectivity index (χ1) is 12.0. The summed E-state index contributed by atoms with van der Waals surface area (Å²) >= 11 is 1.37. The van der Waals surface area contributed by atoms with E-state index in [2.05, 4.69) is 22.4 Å². The van der Waals surface area contributed by atoms with Crippen molar-refractivity contribution < 1.29 is 4.79 Å². The molecule has 0 saturated heterocycles. The van der Waals surface area contributed by atoms with Gasteiger partial charge >= 0.3 is 0 Å². The van der Waals surface area contributed by atoms with E-state index in [1.807, 2.05) is 67.1 Å². The number of nitrogens with zero attached hydrogens (tertiary/aromatic N) is 3. The molecule has 1 N–H and O–H groups in total. The zero-order chi connectivity index (χ0) is 17.8. The molecule has 6 heteroatoms. The number of amides is 1. The summed E-state index contributed by atoms with van der Waals surface area (Å²) in [7, 11) is 1.91. The summed E-state index contributed by atoms with van der Waals surface area (Å²) in [6.07, 6.45) is 0. The predicted molar refractivity (Wildman–Crippen MR) is 102 cm³/mol. The molecule has 0 aliphatic heterocycles. The van der Waals surface area contributed by atoms with Gasteiger partial charge in [-0.1, -0.05) is 48.2 Å². The Labute approximate surface area is 151 Å². The highest BCUT2D eigenvalue weighted by atomic mass is 32.2. The van der Waals surface area contributed by atoms with E-state index in [4.69, 9.17) is 0 Å². The average Bonchev–Trinajstić information content (AvgIpc) is 2.98. The Morgan fingerprint density at radius 3 is 2.56 bits per heavy atom. The van der Waals surface area contributed by atoms with Gasteiger partial charge in [-0.3, -0.25) is 4.79 Å². The molecule has 25 heavy (non-hydrogen) atoms. The van der Waals surface area contributed by atoms with Gasteiger partial charge in [0.25, 0.3) is 0 Å². The lowest BCUT2D eigenvalue weighted by Gasteiger charge is -2.07. The van der Waals surface area contributed by atoms with E-state index in [-0.39, 0.29) is 11.7 Å². The molecule has 5 nitrogen and oxygen atoms in total. The summed E-state index contributed by atoms with van der Waals surface area (Å²) in [5.41, 5.74) is 4.19. The van der Waals surface area contributed by atoms with Crippen LogP contribution in [0.4, 0.5) is 5.69 Å². The van der Waals surface area contributed by atoms with Crippen LogP contribution in [0.3, 0.4) is 0 Å². The van der Waals surface area contributed by atoms with E-state index in [9.17, 15) is 4.79 Å². The molecule has 0 spiro atoms. The van der Waals surface area contributed by atoms with Gasteiger partial charge < -0.3 is 9.88 Å². The highest BCUT2D eigenvalue weighted by Crippen LogP contribution is 2.22. The van der Waals surface area contributed by atoms with E-state index in [0.29, 0.717) is 5.16 Å². The van der Waals surface area contributed by atoms with Gasteiger partial charge in [-0.2, -0.15) is 0 Å². The molecule has 1 amide bonds. The van der Waals surface area contributed by atoms with Crippen molar-refractivity contribution in [3.8, 4) is 11.4 Å². The minimum Gasteiger partial charge on any atom is -0.325 e. The molecule has 0 aliphatic rings. The third-order valence-corrected chi connectivity index (χ3v) is 5.01. The molecule has 0 saturated carbocycles. The van der Waals surface area contributed by atoms with E-state index >= 15 is 0 Å². The Morgan fingerprint density at radius 1 is 1.08 bits per heavy atom. The minimum atomic E-state index is -0.0579. The monoisotopic (exact) mass is 352 g/mol. The molecule has 0 fully saturated rings. The van der Waals surface area contributed by atoms with E-state index in [0.717, 1.165) is 22.6 Å². The summed E-state index contributed by atoms with van der Waals surface area (Å²) < 4.78 is 1.91. The lowest BCUT2D eigenvalue weighted by molar-refractivity contribution is -0.113. The Morgan fingerprint density at radius 2 is 1.84 bits per heavy atom. The molecule has 3 aromatic rings. The Hall–Kier alpha value is -2.60. The molecule has 0 aliphatic carbocycles. The third kappa shape index (κ3) is 4.09. The van der Waals surface area contributed by atoms with Crippen LogP contribution in [0.1, 0.15) is 11.1 Å². The van der Waals surface area contributed by atoms with Crippen LogP contribution >= 0.6 is 11.8 Å². The maximum Gasteiger partial charge on any atom is 0.234 e. The number of hydrogen-bond donors (Lipinski definition) is 1. The highest BCUT2D eigenvalue weighted by molar-refractivity contribution is 7.99. The van der Waals surface area contributed by atoms with Gasteiger partial charge in [-0.05, 0) is 37.1 Å². The standard InChI is InChI=1S/C19H20N4OS/c1-13-9-10-16(11-14(13)2)20-17(24)12-25-19-22-21-18(23(19)3)15-7-5-4-6-8-15/h4-11H,12H2,1-3H3,(H,20,24). The van der Waals surface area contributed by atoms with E-state index < -0.39 is 0 Å². The zero-order valence-corrected chi connectivity index (χ0v) is 15.3. The number of aryl methyl sites for hydroxylation is 2. The maximum absolute atomic E-state index is 12.2. The summed E-state index contributed by atoms with van der Waals surface area (Å²) in [5, 5.41) is 12.1. The second-order valence-electron chi connectivity index (χ2n) is 5.87. The van der Waals surface area contributed by atoms with Crippen LogP contribution in [-0.4, -0.2) is 26.4 Å². The summed E-state index contributed by atoms with van der Waals surface area (Å²) in [4.78, 5) is 12.2. The van der Waals surface area contributed by atoms with Crippen LogP contribution in [0.5, 0.6) is 0 Å². The number of carbonyl (C=O) groups is 1. The lowest BCUT2D eigenvalue weighted by atomic mass is 10.1. The fraction of sp³-hybridized carbons (Fsp3) is 0.211. The molecule has 128 valence electrons. The van der Waals surface area contributed by atoms with Crippen LogP contribution in [0, 0.1) is 13.8 Å². The van der Waals surface area contributed by atoms with Crippen LogP contribution in [-0.2, 0) is 11.8 Å². The van der Waals surface area contributed by atoms with Crippen LogP contribution in [0.2, 0.25) is 0 Å². The lowest BCUT2D eigenvalue weighted by Crippen LogP contribution is -2.14. The fourth-order valence-corrected chi connectivity index (χ4v) is 3.14. The van der Waals surface area contributed by atoms with Crippen molar-refractivity contribution in [1.29, 1.82) is 0 Å². The second-order valence-corrected chi connectivity index (χ2v) is 6.81. The normalized spacial score (nSPS) is 10.7. The summed E-state index contributed by atoms with van der Waals surface area (Å²) in [6, 6.07) is 15.8. The van der Waals surface area contributed by atoms with Crippen LogP contribution in [0.25, 0.3) is 11.4 Å². The quantitative estimate of drug-likeness (QED) is 0.709. The smallest absolute Gasteiger partial charge is 0.234 e. The van der Waals surface area contributed by atoms with Gasteiger partial charge in [0.15, 0.2) is 11.0 Å². The van der Waals surface area contributed by atoms with Crippen LogP contribution < -0.4 is 5.32 Å². The number of nitrogens with one attached hydrogen (secondary N) is 1. The molecule has 2 aromatic carbocycles. The van der Waals surface area contributed by atoms with Crippen molar-refractivity contribution in [2.75, 3.05) is 11.1 Å². The first-order valence-electron chi connectivity index (χ1n) is 7.99.